The summed E-state index contributed by atoms with van der Waals surface area (Å²) < 4.78 is 9.11. The van der Waals surface area contributed by atoms with Crippen LogP contribution in [0.5, 0.6) is 0 Å². The van der Waals surface area contributed by atoms with Crippen LogP contribution in [0.25, 0.3) is 11.5 Å². The minimum absolute atomic E-state index is 0.100. The third kappa shape index (κ3) is 2.05. The van der Waals surface area contributed by atoms with Crippen LogP contribution in [-0.2, 0) is 5.41 Å². The first-order chi connectivity index (χ1) is 7.47. The topological polar surface area (TPSA) is 56.2 Å². The molecule has 1 heterocycles. The number of aromatic nitrogens is 1. The van der Waals surface area contributed by atoms with Crippen molar-refractivity contribution in [3.8, 4) is 11.5 Å². The molecule has 0 amide bonds. The summed E-state index contributed by atoms with van der Waals surface area (Å²) in [5, 5.41) is 3.52. The minimum atomic E-state index is -0.783. The van der Waals surface area contributed by atoms with Gasteiger partial charge in [-0.15, -0.1) is 0 Å². The van der Waals surface area contributed by atoms with Crippen molar-refractivity contribution in [2.45, 2.75) is 26.2 Å². The molecule has 0 fully saturated rings. The Morgan fingerprint density at radius 3 is 2.19 bits per heavy atom. The van der Waals surface area contributed by atoms with Crippen LogP contribution in [0.3, 0.4) is 0 Å². The molecular formula is C12H13NO3. The molecule has 0 unspecified atom stereocenters. The third-order valence-electron chi connectivity index (χ3n) is 2.38. The number of hydrogen-bond donors (Lipinski definition) is 0. The number of hydrogen-bond acceptors (Lipinski definition) is 4. The molecule has 0 spiro atoms. The molecule has 0 N–H and O–H groups in total. The van der Waals surface area contributed by atoms with E-state index in [1.54, 1.807) is 0 Å². The average molecular weight is 219 g/mol. The van der Waals surface area contributed by atoms with Crippen molar-refractivity contribution < 1.29 is 8.94 Å². The Balaban J connectivity index is 2.36. The molecule has 4 heteroatoms. The number of benzene rings is 1. The second-order valence-electron chi connectivity index (χ2n) is 4.67. The fourth-order valence-corrected chi connectivity index (χ4v) is 1.42. The Morgan fingerprint density at radius 2 is 1.75 bits per heavy atom. The lowest BCUT2D eigenvalue weighted by Gasteiger charge is -2.18. The summed E-state index contributed by atoms with van der Waals surface area (Å²) in [6.45, 7) is 6.41. The van der Waals surface area contributed by atoms with Crippen LogP contribution < -0.4 is 5.82 Å². The van der Waals surface area contributed by atoms with Crippen molar-refractivity contribution in [2.24, 2.45) is 0 Å². The van der Waals surface area contributed by atoms with Crippen LogP contribution in [0.4, 0.5) is 0 Å². The second-order valence-corrected chi connectivity index (χ2v) is 4.67. The molecule has 0 saturated carbocycles. The monoisotopic (exact) mass is 219 g/mol. The van der Waals surface area contributed by atoms with E-state index in [1.807, 2.05) is 24.3 Å². The predicted octanol–water partition coefficient (Wildman–Crippen LogP) is 2.59. The van der Waals surface area contributed by atoms with E-state index >= 15 is 0 Å². The maximum atomic E-state index is 10.7. The molecule has 16 heavy (non-hydrogen) atoms. The van der Waals surface area contributed by atoms with Gasteiger partial charge in [0.1, 0.15) is 0 Å². The summed E-state index contributed by atoms with van der Waals surface area (Å²) in [6, 6.07) is 7.71. The van der Waals surface area contributed by atoms with Crippen molar-refractivity contribution in [3.05, 3.63) is 40.4 Å². The van der Waals surface area contributed by atoms with Crippen LogP contribution in [0.2, 0.25) is 0 Å². The van der Waals surface area contributed by atoms with E-state index < -0.39 is 5.82 Å². The number of rotatable bonds is 1. The highest BCUT2D eigenvalue weighted by Gasteiger charge is 2.14. The summed E-state index contributed by atoms with van der Waals surface area (Å²) >= 11 is 0. The fraction of sp³-hybridized carbons (Fsp3) is 0.333. The molecule has 2 aromatic rings. The molecule has 0 bridgehead atoms. The van der Waals surface area contributed by atoms with E-state index in [9.17, 15) is 4.79 Å². The Morgan fingerprint density at radius 1 is 1.12 bits per heavy atom. The fourth-order valence-electron chi connectivity index (χ4n) is 1.42. The molecule has 0 saturated heterocycles. The third-order valence-corrected chi connectivity index (χ3v) is 2.38. The molecular weight excluding hydrogens is 206 g/mol. The van der Waals surface area contributed by atoms with Gasteiger partial charge in [-0.05, 0) is 28.3 Å². The van der Waals surface area contributed by atoms with Crippen LogP contribution in [0.1, 0.15) is 26.3 Å². The highest BCUT2D eigenvalue weighted by molar-refractivity contribution is 5.53. The zero-order chi connectivity index (χ0) is 11.8. The first-order valence-electron chi connectivity index (χ1n) is 5.04. The minimum Gasteiger partial charge on any atom is -0.370 e. The Hall–Kier alpha value is -1.84. The van der Waals surface area contributed by atoms with Gasteiger partial charge in [0.05, 0.1) is 0 Å². The molecule has 0 radical (unpaired) electrons. The van der Waals surface area contributed by atoms with Crippen molar-refractivity contribution in [3.63, 3.8) is 0 Å². The van der Waals surface area contributed by atoms with Crippen molar-refractivity contribution >= 4 is 0 Å². The van der Waals surface area contributed by atoms with Gasteiger partial charge in [-0.3, -0.25) is 4.52 Å². The van der Waals surface area contributed by atoms with E-state index in [0.717, 1.165) is 5.56 Å². The van der Waals surface area contributed by atoms with Gasteiger partial charge in [0, 0.05) is 5.56 Å². The summed E-state index contributed by atoms with van der Waals surface area (Å²) in [7, 11) is 0. The summed E-state index contributed by atoms with van der Waals surface area (Å²) in [5.74, 6) is -0.569. The smallest absolute Gasteiger partial charge is 0.370 e. The van der Waals surface area contributed by atoms with E-state index in [2.05, 4.69) is 30.5 Å². The van der Waals surface area contributed by atoms with Gasteiger partial charge >= 0.3 is 5.82 Å². The normalized spacial score (nSPS) is 11.7. The summed E-state index contributed by atoms with van der Waals surface area (Å²) in [5.41, 5.74) is 2.05. The number of nitrogens with zero attached hydrogens (tertiary/aromatic N) is 1. The standard InChI is InChI=1S/C12H13NO3/c1-12(2,3)9-6-4-8(5-7-9)10-13-16-11(14)15-10/h4-7H,1-3H3. The molecule has 84 valence electrons. The van der Waals surface area contributed by atoms with Crippen LogP contribution in [0, 0.1) is 0 Å². The van der Waals surface area contributed by atoms with Crippen molar-refractivity contribution in [2.75, 3.05) is 0 Å². The molecule has 1 aromatic heterocycles. The average Bonchev–Trinajstić information content (AvgIpc) is 2.64. The van der Waals surface area contributed by atoms with Gasteiger partial charge in [0.2, 0.25) is 0 Å². The van der Waals surface area contributed by atoms with E-state index in [4.69, 9.17) is 4.42 Å². The molecule has 1 aromatic carbocycles. The van der Waals surface area contributed by atoms with Gasteiger partial charge in [0.15, 0.2) is 0 Å². The highest BCUT2D eigenvalue weighted by Crippen LogP contribution is 2.24. The Bertz CT molecular complexity index is 528. The zero-order valence-electron chi connectivity index (χ0n) is 9.48. The van der Waals surface area contributed by atoms with Gasteiger partial charge in [-0.2, -0.15) is 0 Å². The van der Waals surface area contributed by atoms with E-state index in [1.165, 1.54) is 5.56 Å². The first kappa shape index (κ1) is 10.7. The largest absolute Gasteiger partial charge is 0.542 e. The maximum Gasteiger partial charge on any atom is 0.542 e. The Kier molecular flexibility index (Phi) is 2.42. The molecule has 0 aliphatic carbocycles. The summed E-state index contributed by atoms with van der Waals surface area (Å²) in [4.78, 5) is 10.7. The van der Waals surface area contributed by atoms with Crippen molar-refractivity contribution in [1.29, 1.82) is 0 Å². The lowest BCUT2D eigenvalue weighted by Crippen LogP contribution is -2.10. The van der Waals surface area contributed by atoms with Gasteiger partial charge < -0.3 is 4.42 Å². The molecule has 4 nitrogen and oxygen atoms in total. The van der Waals surface area contributed by atoms with Crippen molar-refractivity contribution in [1.82, 2.24) is 5.16 Å². The first-order valence-corrected chi connectivity index (χ1v) is 5.04. The van der Waals surface area contributed by atoms with Crippen LogP contribution >= 0.6 is 0 Å². The van der Waals surface area contributed by atoms with Crippen LogP contribution in [-0.4, -0.2) is 5.16 Å². The lowest BCUT2D eigenvalue weighted by atomic mass is 9.87. The van der Waals surface area contributed by atoms with Gasteiger partial charge in [-0.1, -0.05) is 32.9 Å². The second kappa shape index (κ2) is 3.63. The molecule has 0 atom stereocenters. The van der Waals surface area contributed by atoms with E-state index in [-0.39, 0.29) is 11.3 Å². The SMILES string of the molecule is CC(C)(C)c1ccc(-c2noc(=O)o2)cc1. The Labute approximate surface area is 92.9 Å². The summed E-state index contributed by atoms with van der Waals surface area (Å²) in [6.07, 6.45) is 0. The highest BCUT2D eigenvalue weighted by atomic mass is 16.6. The molecule has 0 aliphatic heterocycles. The predicted molar refractivity (Wildman–Crippen MR) is 59.2 cm³/mol. The lowest BCUT2D eigenvalue weighted by molar-refractivity contribution is 0.335. The van der Waals surface area contributed by atoms with Gasteiger partial charge in [-0.25, -0.2) is 4.79 Å². The zero-order valence-corrected chi connectivity index (χ0v) is 9.48. The molecule has 2 rings (SSSR count). The molecule has 0 aliphatic rings. The van der Waals surface area contributed by atoms with E-state index in [0.29, 0.717) is 0 Å². The quantitative estimate of drug-likeness (QED) is 0.739. The van der Waals surface area contributed by atoms with Crippen LogP contribution in [0.15, 0.2) is 38.0 Å². The maximum absolute atomic E-state index is 10.7. The van der Waals surface area contributed by atoms with Gasteiger partial charge in [0.25, 0.3) is 5.89 Å².